The average Bonchev–Trinajstić information content (AvgIpc) is 3.07. The highest BCUT2D eigenvalue weighted by Gasteiger charge is 2.31. The van der Waals surface area contributed by atoms with Crippen LogP contribution in [-0.4, -0.2) is 47.6 Å². The highest BCUT2D eigenvalue weighted by molar-refractivity contribution is 7.85. The SMILES string of the molecule is CN(CCNC(=O)c1ccc2c(c1)N(Cc1ccc(F)cc1)C(=O)c1ccccc1[S@]2=O)CCc1ccccc1. The fourth-order valence-corrected chi connectivity index (χ4v) is 6.02. The highest BCUT2D eigenvalue weighted by Crippen LogP contribution is 2.36. The normalized spacial score (nSPS) is 14.4. The Labute approximate surface area is 235 Å². The van der Waals surface area contributed by atoms with Crippen LogP contribution in [0.1, 0.15) is 31.8 Å². The highest BCUT2D eigenvalue weighted by atomic mass is 32.2. The number of hydrogen-bond acceptors (Lipinski definition) is 4. The monoisotopic (exact) mass is 555 g/mol. The second-order valence-corrected chi connectivity index (χ2v) is 11.2. The van der Waals surface area contributed by atoms with Gasteiger partial charge in [0.1, 0.15) is 5.82 Å². The Morgan fingerprint density at radius 2 is 1.60 bits per heavy atom. The van der Waals surface area contributed by atoms with Gasteiger partial charge in [-0.05, 0) is 67.1 Å². The predicted molar refractivity (Wildman–Crippen MR) is 154 cm³/mol. The van der Waals surface area contributed by atoms with Crippen LogP contribution in [0.25, 0.3) is 0 Å². The Kier molecular flexibility index (Phi) is 8.48. The summed E-state index contributed by atoms with van der Waals surface area (Å²) < 4.78 is 27.1. The molecule has 4 aromatic rings. The lowest BCUT2D eigenvalue weighted by atomic mass is 10.1. The van der Waals surface area contributed by atoms with Crippen molar-refractivity contribution in [2.75, 3.05) is 31.6 Å². The number of halogens is 1. The van der Waals surface area contributed by atoms with Crippen molar-refractivity contribution in [3.05, 3.63) is 125 Å². The lowest BCUT2D eigenvalue weighted by molar-refractivity contribution is 0.0946. The van der Waals surface area contributed by atoms with Gasteiger partial charge in [0.05, 0.1) is 38.4 Å². The van der Waals surface area contributed by atoms with Gasteiger partial charge < -0.3 is 15.1 Å². The summed E-state index contributed by atoms with van der Waals surface area (Å²) in [5, 5.41) is 2.96. The molecule has 0 fully saturated rings. The molecule has 1 heterocycles. The molecule has 4 aromatic carbocycles. The molecule has 8 heteroatoms. The molecule has 0 aliphatic carbocycles. The Morgan fingerprint density at radius 3 is 2.38 bits per heavy atom. The number of nitrogens with zero attached hydrogens (tertiary/aromatic N) is 2. The molecular formula is C32H30FN3O3S. The van der Waals surface area contributed by atoms with Crippen LogP contribution in [0.3, 0.4) is 0 Å². The number of carbonyl (C=O) groups excluding carboxylic acids is 2. The minimum atomic E-state index is -1.62. The maximum absolute atomic E-state index is 13.7. The molecule has 5 rings (SSSR count). The zero-order valence-corrected chi connectivity index (χ0v) is 23.0. The maximum atomic E-state index is 13.7. The summed E-state index contributed by atoms with van der Waals surface area (Å²) in [7, 11) is 0.395. The van der Waals surface area contributed by atoms with Crippen molar-refractivity contribution in [1.29, 1.82) is 0 Å². The van der Waals surface area contributed by atoms with E-state index in [1.165, 1.54) is 22.6 Å². The fourth-order valence-electron chi connectivity index (χ4n) is 4.67. The van der Waals surface area contributed by atoms with E-state index in [1.54, 1.807) is 54.6 Å². The molecule has 0 unspecified atom stereocenters. The number of hydrogen-bond donors (Lipinski definition) is 1. The smallest absolute Gasteiger partial charge is 0.259 e. The number of likely N-dealkylation sites (N-methyl/N-ethyl adjacent to an activating group) is 1. The third-order valence-corrected chi connectivity index (χ3v) is 8.43. The third kappa shape index (κ3) is 6.19. The summed E-state index contributed by atoms with van der Waals surface area (Å²) in [6, 6.07) is 27.9. The molecule has 1 atom stereocenters. The lowest BCUT2D eigenvalue weighted by Gasteiger charge is -2.24. The zero-order valence-electron chi connectivity index (χ0n) is 22.2. The van der Waals surface area contributed by atoms with Crippen molar-refractivity contribution < 1.29 is 18.2 Å². The number of nitrogens with one attached hydrogen (secondary N) is 1. The summed E-state index contributed by atoms with van der Waals surface area (Å²) in [6.45, 7) is 2.13. The maximum Gasteiger partial charge on any atom is 0.259 e. The molecule has 204 valence electrons. The third-order valence-electron chi connectivity index (χ3n) is 6.93. The van der Waals surface area contributed by atoms with Crippen LogP contribution in [-0.2, 0) is 23.8 Å². The van der Waals surface area contributed by atoms with Crippen molar-refractivity contribution in [3.8, 4) is 0 Å². The van der Waals surface area contributed by atoms with Crippen LogP contribution in [0, 0.1) is 5.82 Å². The molecule has 0 bridgehead atoms. The topological polar surface area (TPSA) is 69.7 Å². The summed E-state index contributed by atoms with van der Waals surface area (Å²) in [5.74, 6) is -0.979. The van der Waals surface area contributed by atoms with E-state index in [0.29, 0.717) is 45.3 Å². The summed E-state index contributed by atoms with van der Waals surface area (Å²) in [4.78, 5) is 31.4. The van der Waals surface area contributed by atoms with Gasteiger partial charge in [0.15, 0.2) is 0 Å². The molecule has 0 aromatic heterocycles. The molecule has 0 saturated carbocycles. The first-order valence-electron chi connectivity index (χ1n) is 13.1. The zero-order chi connectivity index (χ0) is 28.1. The number of fused-ring (bicyclic) bond motifs is 2. The van der Waals surface area contributed by atoms with E-state index in [1.807, 2.05) is 25.2 Å². The first kappa shape index (κ1) is 27.4. The number of benzene rings is 4. The van der Waals surface area contributed by atoms with Crippen LogP contribution in [0.15, 0.2) is 107 Å². The fraction of sp³-hybridized carbons (Fsp3) is 0.188. The Hall–Kier alpha value is -4.14. The van der Waals surface area contributed by atoms with Crippen molar-refractivity contribution in [3.63, 3.8) is 0 Å². The molecule has 40 heavy (non-hydrogen) atoms. The van der Waals surface area contributed by atoms with E-state index in [0.717, 1.165) is 13.0 Å². The predicted octanol–water partition coefficient (Wildman–Crippen LogP) is 5.06. The first-order valence-corrected chi connectivity index (χ1v) is 14.3. The second kappa shape index (κ2) is 12.4. The van der Waals surface area contributed by atoms with Crippen molar-refractivity contribution in [2.45, 2.75) is 22.8 Å². The van der Waals surface area contributed by atoms with Gasteiger partial charge in [-0.25, -0.2) is 8.60 Å². The Morgan fingerprint density at radius 1 is 0.875 bits per heavy atom. The van der Waals surface area contributed by atoms with Crippen LogP contribution in [0.5, 0.6) is 0 Å². The molecule has 0 saturated heterocycles. The summed E-state index contributed by atoms with van der Waals surface area (Å²) >= 11 is 0. The standard InChI is InChI=1S/C32H30FN3O3S/c1-35(19-17-23-7-3-2-4-8-23)20-18-34-31(37)25-13-16-30-28(21-25)36(22-24-11-14-26(33)15-12-24)32(38)27-9-5-6-10-29(27)40(30)39/h2-16,21H,17-20,22H2,1H3,(H,34,37)/t40-/m1/s1. The Balaban J connectivity index is 1.34. The van der Waals surface area contributed by atoms with Gasteiger partial charge >= 0.3 is 0 Å². The van der Waals surface area contributed by atoms with Gasteiger partial charge in [0.25, 0.3) is 11.8 Å². The van der Waals surface area contributed by atoms with Crippen molar-refractivity contribution >= 4 is 28.3 Å². The minimum Gasteiger partial charge on any atom is -0.351 e. The van der Waals surface area contributed by atoms with E-state index in [-0.39, 0.29) is 24.2 Å². The Bertz CT molecular complexity index is 1540. The number of rotatable bonds is 9. The molecule has 1 aliphatic rings. The van der Waals surface area contributed by atoms with Crippen LogP contribution >= 0.6 is 0 Å². The quantitative estimate of drug-likeness (QED) is 0.314. The molecule has 1 aliphatic heterocycles. The lowest BCUT2D eigenvalue weighted by Crippen LogP contribution is -2.34. The first-order chi connectivity index (χ1) is 19.4. The molecule has 0 radical (unpaired) electrons. The number of amides is 2. The minimum absolute atomic E-state index is 0.134. The van der Waals surface area contributed by atoms with Crippen LogP contribution in [0.2, 0.25) is 0 Å². The second-order valence-electron chi connectivity index (χ2n) is 9.76. The van der Waals surface area contributed by atoms with E-state index in [9.17, 15) is 18.2 Å². The molecular weight excluding hydrogens is 525 g/mol. The van der Waals surface area contributed by atoms with E-state index >= 15 is 0 Å². The van der Waals surface area contributed by atoms with Gasteiger partial charge in [0, 0.05) is 25.2 Å². The van der Waals surface area contributed by atoms with Gasteiger partial charge in [0.2, 0.25) is 0 Å². The number of anilines is 1. The van der Waals surface area contributed by atoms with Gasteiger partial charge in [-0.1, -0.05) is 54.6 Å². The largest absolute Gasteiger partial charge is 0.351 e. The van der Waals surface area contributed by atoms with Gasteiger partial charge in [-0.15, -0.1) is 0 Å². The molecule has 2 amide bonds. The van der Waals surface area contributed by atoms with Crippen molar-refractivity contribution in [2.24, 2.45) is 0 Å². The molecule has 0 spiro atoms. The number of carbonyl (C=O) groups is 2. The van der Waals surface area contributed by atoms with Gasteiger partial charge in [-0.3, -0.25) is 9.59 Å². The summed E-state index contributed by atoms with van der Waals surface area (Å²) in [5.41, 5.74) is 3.08. The van der Waals surface area contributed by atoms with Crippen molar-refractivity contribution in [1.82, 2.24) is 10.2 Å². The summed E-state index contributed by atoms with van der Waals surface area (Å²) in [6.07, 6.45) is 0.924. The van der Waals surface area contributed by atoms with E-state index in [4.69, 9.17) is 0 Å². The van der Waals surface area contributed by atoms with Crippen LogP contribution < -0.4 is 10.2 Å². The molecule has 6 nitrogen and oxygen atoms in total. The molecule has 1 N–H and O–H groups in total. The van der Waals surface area contributed by atoms with E-state index in [2.05, 4.69) is 22.3 Å². The average molecular weight is 556 g/mol. The van der Waals surface area contributed by atoms with Gasteiger partial charge in [-0.2, -0.15) is 0 Å². The van der Waals surface area contributed by atoms with Crippen LogP contribution in [0.4, 0.5) is 10.1 Å². The van der Waals surface area contributed by atoms with E-state index < -0.39 is 10.8 Å².